The van der Waals surface area contributed by atoms with Crippen molar-refractivity contribution in [2.24, 2.45) is 16.7 Å². The number of rotatable bonds is 2. The average Bonchev–Trinajstić information content (AvgIpc) is 3.05. The van der Waals surface area contributed by atoms with Gasteiger partial charge in [0.05, 0.1) is 5.60 Å². The maximum absolute atomic E-state index is 12.0. The van der Waals surface area contributed by atoms with Crippen molar-refractivity contribution in [2.45, 2.75) is 88.6 Å². The zero-order valence-corrected chi connectivity index (χ0v) is 18.8. The summed E-state index contributed by atoms with van der Waals surface area (Å²) in [5.41, 5.74) is 0.658. The molecule has 1 aromatic carbocycles. The summed E-state index contributed by atoms with van der Waals surface area (Å²) in [6, 6.07) is 4.26. The number of hydrogen-bond donors (Lipinski definition) is 3. The van der Waals surface area contributed by atoms with E-state index in [9.17, 15) is 10.2 Å². The summed E-state index contributed by atoms with van der Waals surface area (Å²) in [7, 11) is 1.80. The van der Waals surface area contributed by atoms with Crippen molar-refractivity contribution < 1.29 is 19.7 Å². The molecule has 5 nitrogen and oxygen atoms in total. The first-order valence-electron chi connectivity index (χ1n) is 11.6. The molecule has 164 valence electrons. The molecule has 7 rings (SSSR count). The molecule has 7 atom stereocenters. The van der Waals surface area contributed by atoms with Crippen LogP contribution in [0.3, 0.4) is 0 Å². The van der Waals surface area contributed by atoms with Crippen LogP contribution in [0.5, 0.6) is 11.5 Å². The highest BCUT2D eigenvalue weighted by atomic mass is 16.6. The Kier molecular flexibility index (Phi) is 3.46. The molecule has 5 heteroatoms. The third kappa shape index (κ3) is 1.77. The Hall–Kier alpha value is -1.30. The summed E-state index contributed by atoms with van der Waals surface area (Å²) in [4.78, 5) is 0. The Morgan fingerprint density at radius 1 is 1.17 bits per heavy atom. The highest BCUT2D eigenvalue weighted by molar-refractivity contribution is 5.63. The van der Waals surface area contributed by atoms with Crippen LogP contribution >= 0.6 is 0 Å². The van der Waals surface area contributed by atoms with Crippen LogP contribution in [-0.2, 0) is 16.6 Å². The standard InChI is InChI=1S/C25H35NO4/c1-21(2,3)22(4,28)16-13-23-8-9-25(16,29-5)20-24(23)10-11-26-17(23)12-14-6-7-15(27)19(30-20)18(14)24/h6-7,16-17,20,26-28H,8-13H2,1-5H3/t16?,17?,20-,22?,23-,24?,25-/m1/s1. The summed E-state index contributed by atoms with van der Waals surface area (Å²) in [5, 5.41) is 26.6. The molecular weight excluding hydrogens is 378 g/mol. The summed E-state index contributed by atoms with van der Waals surface area (Å²) in [5.74, 6) is 0.887. The molecule has 4 bridgehead atoms. The smallest absolute Gasteiger partial charge is 0.165 e. The molecule has 1 saturated heterocycles. The van der Waals surface area contributed by atoms with E-state index in [0.29, 0.717) is 11.8 Å². The molecule has 0 aromatic heterocycles. The lowest BCUT2D eigenvalue weighted by Gasteiger charge is -2.74. The minimum Gasteiger partial charge on any atom is -0.504 e. The number of fused-ring (bicyclic) bond motifs is 2. The molecule has 0 amide bonds. The van der Waals surface area contributed by atoms with Gasteiger partial charge in [-0.3, -0.25) is 0 Å². The highest BCUT2D eigenvalue weighted by Crippen LogP contribution is 2.77. The largest absolute Gasteiger partial charge is 0.504 e. The zero-order valence-electron chi connectivity index (χ0n) is 18.8. The van der Waals surface area contributed by atoms with E-state index in [1.807, 2.05) is 6.92 Å². The second-order valence-electron chi connectivity index (χ2n) is 11.8. The summed E-state index contributed by atoms with van der Waals surface area (Å²) < 4.78 is 13.2. The lowest BCUT2D eigenvalue weighted by Crippen LogP contribution is -2.83. The molecule has 4 unspecified atom stereocenters. The van der Waals surface area contributed by atoms with Crippen molar-refractivity contribution in [2.75, 3.05) is 13.7 Å². The monoisotopic (exact) mass is 413 g/mol. The Morgan fingerprint density at radius 2 is 1.93 bits per heavy atom. The maximum Gasteiger partial charge on any atom is 0.165 e. The Labute approximate surface area is 179 Å². The topological polar surface area (TPSA) is 71.0 Å². The van der Waals surface area contributed by atoms with Crippen molar-refractivity contribution in [3.63, 3.8) is 0 Å². The third-order valence-corrected chi connectivity index (χ3v) is 10.4. The van der Waals surface area contributed by atoms with Crippen molar-refractivity contribution in [1.82, 2.24) is 5.32 Å². The fraction of sp³-hybridized carbons (Fsp3) is 0.760. The number of methoxy groups -OCH3 is 1. The normalized spacial score (nSPS) is 44.9. The van der Waals surface area contributed by atoms with E-state index in [2.05, 4.69) is 32.2 Å². The van der Waals surface area contributed by atoms with Crippen molar-refractivity contribution in [3.8, 4) is 11.5 Å². The van der Waals surface area contributed by atoms with Gasteiger partial charge in [-0.2, -0.15) is 0 Å². The molecule has 3 saturated carbocycles. The Morgan fingerprint density at radius 3 is 2.63 bits per heavy atom. The molecular formula is C25H35NO4. The number of hydrogen-bond acceptors (Lipinski definition) is 5. The number of piperidine rings is 1. The molecule has 30 heavy (non-hydrogen) atoms. The van der Waals surface area contributed by atoms with Crippen molar-refractivity contribution in [1.29, 1.82) is 0 Å². The first-order valence-corrected chi connectivity index (χ1v) is 11.6. The van der Waals surface area contributed by atoms with Gasteiger partial charge in [0, 0.05) is 35.5 Å². The minimum atomic E-state index is -0.910. The Balaban J connectivity index is 1.65. The molecule has 2 heterocycles. The SMILES string of the molecule is CO[C@]12CC[C@@]3(CC1C(C)(O)C(C)(C)C)C1Cc4ccc(O)c5c4C3(CCN1)[C@H]2O5. The van der Waals surface area contributed by atoms with Gasteiger partial charge in [-0.25, -0.2) is 0 Å². The van der Waals surface area contributed by atoms with Crippen LogP contribution in [0.2, 0.25) is 0 Å². The predicted octanol–water partition coefficient (Wildman–Crippen LogP) is 3.29. The molecule has 1 aromatic rings. The summed E-state index contributed by atoms with van der Waals surface area (Å²) in [6.07, 6.45) is 4.66. The van der Waals surface area contributed by atoms with Gasteiger partial charge in [0.25, 0.3) is 0 Å². The minimum absolute atomic E-state index is 0.0160. The highest BCUT2D eigenvalue weighted by Gasteiger charge is 2.81. The summed E-state index contributed by atoms with van der Waals surface area (Å²) >= 11 is 0. The molecule has 2 aliphatic heterocycles. The lowest BCUT2D eigenvalue weighted by atomic mass is 9.33. The second kappa shape index (κ2) is 5.36. The van der Waals surface area contributed by atoms with Gasteiger partial charge < -0.3 is 25.0 Å². The predicted molar refractivity (Wildman–Crippen MR) is 114 cm³/mol. The number of aromatic hydroxyl groups is 1. The van der Waals surface area contributed by atoms with Crippen LogP contribution in [-0.4, -0.2) is 47.2 Å². The maximum atomic E-state index is 12.0. The van der Waals surface area contributed by atoms with E-state index in [-0.39, 0.29) is 34.0 Å². The van der Waals surface area contributed by atoms with E-state index in [1.54, 1.807) is 13.2 Å². The third-order valence-electron chi connectivity index (χ3n) is 10.4. The summed E-state index contributed by atoms with van der Waals surface area (Å²) in [6.45, 7) is 9.33. The van der Waals surface area contributed by atoms with Crippen LogP contribution in [0.1, 0.15) is 64.5 Å². The lowest BCUT2D eigenvalue weighted by molar-refractivity contribution is -0.303. The van der Waals surface area contributed by atoms with Crippen LogP contribution in [0.15, 0.2) is 12.1 Å². The molecule has 6 aliphatic rings. The van der Waals surface area contributed by atoms with Crippen LogP contribution in [0.25, 0.3) is 0 Å². The van der Waals surface area contributed by atoms with Gasteiger partial charge in [0.1, 0.15) is 11.7 Å². The number of phenols is 1. The van der Waals surface area contributed by atoms with Gasteiger partial charge in [0.2, 0.25) is 0 Å². The number of ether oxygens (including phenoxy) is 2. The Bertz CT molecular complexity index is 936. The molecule has 0 radical (unpaired) electrons. The van der Waals surface area contributed by atoms with Gasteiger partial charge in [-0.15, -0.1) is 0 Å². The van der Waals surface area contributed by atoms with Gasteiger partial charge >= 0.3 is 0 Å². The van der Waals surface area contributed by atoms with Gasteiger partial charge in [-0.05, 0) is 62.6 Å². The molecule has 4 fully saturated rings. The van der Waals surface area contributed by atoms with Gasteiger partial charge in [-0.1, -0.05) is 26.8 Å². The average molecular weight is 414 g/mol. The van der Waals surface area contributed by atoms with Crippen LogP contribution in [0.4, 0.5) is 0 Å². The van der Waals surface area contributed by atoms with E-state index in [1.165, 1.54) is 11.1 Å². The van der Waals surface area contributed by atoms with E-state index in [4.69, 9.17) is 9.47 Å². The van der Waals surface area contributed by atoms with Gasteiger partial charge in [0.15, 0.2) is 11.5 Å². The zero-order chi connectivity index (χ0) is 21.3. The van der Waals surface area contributed by atoms with Crippen LogP contribution < -0.4 is 10.1 Å². The van der Waals surface area contributed by atoms with E-state index >= 15 is 0 Å². The fourth-order valence-electron chi connectivity index (χ4n) is 8.53. The van der Waals surface area contributed by atoms with Crippen molar-refractivity contribution >= 4 is 0 Å². The van der Waals surface area contributed by atoms with E-state index in [0.717, 1.165) is 38.6 Å². The molecule has 2 spiro atoms. The quantitative estimate of drug-likeness (QED) is 0.694. The van der Waals surface area contributed by atoms with Crippen LogP contribution in [0, 0.1) is 16.7 Å². The van der Waals surface area contributed by atoms with E-state index < -0.39 is 11.2 Å². The first-order chi connectivity index (χ1) is 14.1. The molecule has 4 aliphatic carbocycles. The second-order valence-corrected chi connectivity index (χ2v) is 11.8. The number of nitrogens with one attached hydrogen (secondary N) is 1. The number of phenolic OH excluding ortho intramolecular Hbond substituents is 1. The van der Waals surface area contributed by atoms with Crippen molar-refractivity contribution in [3.05, 3.63) is 23.3 Å². The number of aliphatic hydroxyl groups is 1. The fourth-order valence-corrected chi connectivity index (χ4v) is 8.53. The first kappa shape index (κ1) is 19.4. The number of benzene rings is 1. The molecule has 3 N–H and O–H groups in total.